The normalized spacial score (nSPS) is 10.3. The lowest BCUT2D eigenvalue weighted by atomic mass is 10.3. The van der Waals surface area contributed by atoms with Crippen LogP contribution in [0.1, 0.15) is 19.0 Å². The second-order valence-electron chi connectivity index (χ2n) is 3.85. The molecule has 0 spiro atoms. The molecule has 1 aromatic carbocycles. The van der Waals surface area contributed by atoms with Crippen molar-refractivity contribution in [3.63, 3.8) is 0 Å². The van der Waals surface area contributed by atoms with Crippen molar-refractivity contribution < 1.29 is 4.74 Å². The van der Waals surface area contributed by atoms with Crippen molar-refractivity contribution >= 4 is 22.2 Å². The van der Waals surface area contributed by atoms with Crippen molar-refractivity contribution in [2.75, 3.05) is 11.9 Å². The Labute approximate surface area is 111 Å². The fraction of sp³-hybridized carbons (Fsp3) is 0.308. The maximum atomic E-state index is 5.52. The van der Waals surface area contributed by atoms with Gasteiger partial charge in [0.15, 0.2) is 5.13 Å². The number of thiazole rings is 1. The van der Waals surface area contributed by atoms with Gasteiger partial charge in [-0.25, -0.2) is 4.98 Å². The largest absolute Gasteiger partial charge is 0.494 e. The molecule has 1 heterocycles. The van der Waals surface area contributed by atoms with Crippen molar-refractivity contribution in [1.29, 1.82) is 0 Å². The van der Waals surface area contributed by atoms with Crippen LogP contribution in [0.25, 0.3) is 0 Å². The second-order valence-corrected chi connectivity index (χ2v) is 4.70. The Morgan fingerprint density at radius 1 is 1.33 bits per heavy atom. The molecule has 0 unspecified atom stereocenters. The van der Waals surface area contributed by atoms with E-state index in [1.54, 1.807) is 11.3 Å². The highest BCUT2D eigenvalue weighted by Crippen LogP contribution is 2.22. The number of aromatic nitrogens is 1. The van der Waals surface area contributed by atoms with Crippen LogP contribution in [0.5, 0.6) is 5.75 Å². The molecule has 96 valence electrons. The molecule has 1 aromatic heterocycles. The minimum absolute atomic E-state index is 0.474. The van der Waals surface area contributed by atoms with Crippen LogP contribution >= 0.6 is 11.3 Å². The first kappa shape index (κ1) is 12.9. The lowest BCUT2D eigenvalue weighted by Crippen LogP contribution is -1.97. The van der Waals surface area contributed by atoms with E-state index in [1.807, 2.05) is 29.6 Å². The summed E-state index contributed by atoms with van der Waals surface area (Å²) in [4.78, 5) is 4.35. The number of hydrogen-bond donors (Lipinski definition) is 2. The van der Waals surface area contributed by atoms with Gasteiger partial charge >= 0.3 is 0 Å². The third-order valence-electron chi connectivity index (χ3n) is 2.34. The summed E-state index contributed by atoms with van der Waals surface area (Å²) < 4.78 is 5.52. The molecule has 2 rings (SSSR count). The molecule has 0 aliphatic carbocycles. The minimum Gasteiger partial charge on any atom is -0.494 e. The number of hydrogen-bond acceptors (Lipinski definition) is 5. The fourth-order valence-corrected chi connectivity index (χ4v) is 2.18. The summed E-state index contributed by atoms with van der Waals surface area (Å²) >= 11 is 1.55. The van der Waals surface area contributed by atoms with Gasteiger partial charge in [0.2, 0.25) is 0 Å². The summed E-state index contributed by atoms with van der Waals surface area (Å²) in [7, 11) is 0. The number of benzene rings is 1. The molecule has 0 aliphatic heterocycles. The fourth-order valence-electron chi connectivity index (χ4n) is 1.44. The maximum Gasteiger partial charge on any atom is 0.187 e. The first-order chi connectivity index (χ1) is 8.81. The molecule has 0 radical (unpaired) electrons. The van der Waals surface area contributed by atoms with Crippen LogP contribution < -0.4 is 15.8 Å². The molecule has 0 fully saturated rings. The van der Waals surface area contributed by atoms with Crippen LogP contribution in [0.3, 0.4) is 0 Å². The monoisotopic (exact) mass is 263 g/mol. The van der Waals surface area contributed by atoms with E-state index in [2.05, 4.69) is 17.2 Å². The molecule has 5 heteroatoms. The van der Waals surface area contributed by atoms with Crippen LogP contribution in [-0.4, -0.2) is 11.6 Å². The van der Waals surface area contributed by atoms with E-state index in [9.17, 15) is 0 Å². The number of anilines is 2. The standard InChI is InChI=1S/C13H17N3OS/c1-2-7-17-12-5-3-10(4-6-12)15-13-16-11(8-14)9-18-13/h3-6,9H,2,7-8,14H2,1H3,(H,15,16). The molecular weight excluding hydrogens is 246 g/mol. The van der Waals surface area contributed by atoms with Crippen molar-refractivity contribution in [3.05, 3.63) is 35.3 Å². The van der Waals surface area contributed by atoms with Gasteiger partial charge in [0.05, 0.1) is 12.3 Å². The Kier molecular flexibility index (Phi) is 4.55. The molecule has 0 atom stereocenters. The van der Waals surface area contributed by atoms with Crippen LogP contribution in [0, 0.1) is 0 Å². The molecule has 0 amide bonds. The average molecular weight is 263 g/mol. The molecule has 0 saturated heterocycles. The van der Waals surface area contributed by atoms with Gasteiger partial charge in [0.25, 0.3) is 0 Å². The molecule has 3 N–H and O–H groups in total. The van der Waals surface area contributed by atoms with E-state index in [4.69, 9.17) is 10.5 Å². The van der Waals surface area contributed by atoms with Crippen LogP contribution in [0.15, 0.2) is 29.6 Å². The summed E-state index contributed by atoms with van der Waals surface area (Å²) in [5.41, 5.74) is 7.43. The van der Waals surface area contributed by atoms with Gasteiger partial charge in [-0.15, -0.1) is 11.3 Å². The topological polar surface area (TPSA) is 60.2 Å². The van der Waals surface area contributed by atoms with Crippen molar-refractivity contribution in [3.8, 4) is 5.75 Å². The van der Waals surface area contributed by atoms with E-state index in [-0.39, 0.29) is 0 Å². The third kappa shape index (κ3) is 3.45. The molecule has 4 nitrogen and oxygen atoms in total. The quantitative estimate of drug-likeness (QED) is 0.840. The number of nitrogens with zero attached hydrogens (tertiary/aromatic N) is 1. The maximum absolute atomic E-state index is 5.52. The first-order valence-corrected chi connectivity index (χ1v) is 6.84. The first-order valence-electron chi connectivity index (χ1n) is 5.96. The summed E-state index contributed by atoms with van der Waals surface area (Å²) in [6, 6.07) is 7.87. The zero-order chi connectivity index (χ0) is 12.8. The SMILES string of the molecule is CCCOc1ccc(Nc2nc(CN)cs2)cc1. The van der Waals surface area contributed by atoms with Gasteiger partial charge in [-0.1, -0.05) is 6.92 Å². The van der Waals surface area contributed by atoms with Gasteiger partial charge in [-0.2, -0.15) is 0 Å². The minimum atomic E-state index is 0.474. The summed E-state index contributed by atoms with van der Waals surface area (Å²) in [6.45, 7) is 3.31. The van der Waals surface area contributed by atoms with Crippen molar-refractivity contribution in [1.82, 2.24) is 4.98 Å². The zero-order valence-corrected chi connectivity index (χ0v) is 11.2. The van der Waals surface area contributed by atoms with Gasteiger partial charge in [0.1, 0.15) is 5.75 Å². The molecule has 0 bridgehead atoms. The van der Waals surface area contributed by atoms with Crippen LogP contribution in [-0.2, 0) is 6.54 Å². The Morgan fingerprint density at radius 2 is 2.11 bits per heavy atom. The highest BCUT2D eigenvalue weighted by molar-refractivity contribution is 7.13. The Bertz CT molecular complexity index is 481. The zero-order valence-electron chi connectivity index (χ0n) is 10.3. The predicted octanol–water partition coefficient (Wildman–Crippen LogP) is 3.13. The van der Waals surface area contributed by atoms with E-state index in [0.717, 1.165) is 35.3 Å². The molecule has 0 saturated carbocycles. The third-order valence-corrected chi connectivity index (χ3v) is 3.15. The van der Waals surface area contributed by atoms with E-state index in [1.165, 1.54) is 0 Å². The molecular formula is C13H17N3OS. The number of nitrogens with two attached hydrogens (primary N) is 1. The second kappa shape index (κ2) is 6.37. The summed E-state index contributed by atoms with van der Waals surface area (Å²) in [6.07, 6.45) is 1.01. The van der Waals surface area contributed by atoms with Crippen LogP contribution in [0.2, 0.25) is 0 Å². The van der Waals surface area contributed by atoms with Crippen molar-refractivity contribution in [2.45, 2.75) is 19.9 Å². The number of ether oxygens (including phenoxy) is 1. The highest BCUT2D eigenvalue weighted by Gasteiger charge is 2.01. The van der Waals surface area contributed by atoms with Crippen LogP contribution in [0.4, 0.5) is 10.8 Å². The Morgan fingerprint density at radius 3 is 2.72 bits per heavy atom. The van der Waals surface area contributed by atoms with E-state index in [0.29, 0.717) is 6.54 Å². The lowest BCUT2D eigenvalue weighted by molar-refractivity contribution is 0.317. The highest BCUT2D eigenvalue weighted by atomic mass is 32.1. The van der Waals surface area contributed by atoms with Crippen molar-refractivity contribution in [2.24, 2.45) is 5.73 Å². The summed E-state index contributed by atoms with van der Waals surface area (Å²) in [5.74, 6) is 0.893. The van der Waals surface area contributed by atoms with E-state index < -0.39 is 0 Å². The van der Waals surface area contributed by atoms with Gasteiger partial charge in [-0.05, 0) is 30.7 Å². The predicted molar refractivity (Wildman–Crippen MR) is 75.5 cm³/mol. The van der Waals surface area contributed by atoms with Gasteiger partial charge < -0.3 is 15.8 Å². The number of nitrogens with one attached hydrogen (secondary N) is 1. The lowest BCUT2D eigenvalue weighted by Gasteiger charge is -2.06. The average Bonchev–Trinajstić information content (AvgIpc) is 2.86. The number of rotatable bonds is 6. The van der Waals surface area contributed by atoms with Gasteiger partial charge in [-0.3, -0.25) is 0 Å². The smallest absolute Gasteiger partial charge is 0.187 e. The van der Waals surface area contributed by atoms with E-state index >= 15 is 0 Å². The Hall–Kier alpha value is -1.59. The molecule has 18 heavy (non-hydrogen) atoms. The summed E-state index contributed by atoms with van der Waals surface area (Å²) in [5, 5.41) is 6.06. The Balaban J connectivity index is 1.97. The van der Waals surface area contributed by atoms with Gasteiger partial charge in [0, 0.05) is 17.6 Å². The molecule has 0 aliphatic rings. The molecule has 2 aromatic rings.